The monoisotopic (exact) mass is 297 g/mol. The topological polar surface area (TPSA) is 60.1 Å². The Labute approximate surface area is 128 Å². The van der Waals surface area contributed by atoms with Crippen molar-refractivity contribution in [1.82, 2.24) is 9.78 Å². The standard InChI is InChI=1S/C17H19N3O2/c1-11(2)12(3)20-16(8-9-18-20)19-17(21)15-10-13-6-4-5-7-14(13)22-15/h4-12H,1-3H3,(H,19,21)/t12-/m1/s1. The lowest BCUT2D eigenvalue weighted by Gasteiger charge is -2.19. The number of aromatic nitrogens is 2. The van der Waals surface area contributed by atoms with Crippen molar-refractivity contribution in [3.63, 3.8) is 0 Å². The van der Waals surface area contributed by atoms with Crippen LogP contribution in [0.2, 0.25) is 0 Å². The molecule has 0 unspecified atom stereocenters. The number of hydrogen-bond acceptors (Lipinski definition) is 3. The molecule has 3 rings (SSSR count). The van der Waals surface area contributed by atoms with Crippen molar-refractivity contribution in [2.45, 2.75) is 26.8 Å². The van der Waals surface area contributed by atoms with E-state index in [1.165, 1.54) is 0 Å². The molecule has 114 valence electrons. The van der Waals surface area contributed by atoms with Gasteiger partial charge in [-0.3, -0.25) is 4.79 Å². The third kappa shape index (κ3) is 2.62. The van der Waals surface area contributed by atoms with Crippen LogP contribution in [-0.2, 0) is 0 Å². The van der Waals surface area contributed by atoms with Crippen LogP contribution in [0.25, 0.3) is 11.0 Å². The van der Waals surface area contributed by atoms with Crippen LogP contribution in [0.5, 0.6) is 0 Å². The largest absolute Gasteiger partial charge is 0.451 e. The highest BCUT2D eigenvalue weighted by Crippen LogP contribution is 2.23. The zero-order valence-corrected chi connectivity index (χ0v) is 12.9. The lowest BCUT2D eigenvalue weighted by molar-refractivity contribution is 0.0997. The number of carbonyl (C=O) groups is 1. The number of carbonyl (C=O) groups excluding carboxylic acids is 1. The van der Waals surface area contributed by atoms with Crippen molar-refractivity contribution in [3.05, 3.63) is 48.4 Å². The third-order valence-electron chi connectivity index (χ3n) is 3.91. The highest BCUT2D eigenvalue weighted by Gasteiger charge is 2.18. The van der Waals surface area contributed by atoms with Gasteiger partial charge in [0.1, 0.15) is 11.4 Å². The second-order valence-electron chi connectivity index (χ2n) is 5.75. The Morgan fingerprint density at radius 3 is 2.73 bits per heavy atom. The van der Waals surface area contributed by atoms with Gasteiger partial charge in [0.15, 0.2) is 5.76 Å². The minimum atomic E-state index is -0.270. The van der Waals surface area contributed by atoms with Gasteiger partial charge in [-0.2, -0.15) is 5.10 Å². The normalized spacial score (nSPS) is 12.7. The van der Waals surface area contributed by atoms with Gasteiger partial charge in [-0.15, -0.1) is 0 Å². The van der Waals surface area contributed by atoms with Gasteiger partial charge in [0.05, 0.1) is 12.2 Å². The van der Waals surface area contributed by atoms with Gasteiger partial charge >= 0.3 is 0 Å². The van der Waals surface area contributed by atoms with E-state index in [9.17, 15) is 4.79 Å². The smallest absolute Gasteiger partial charge is 0.292 e. The summed E-state index contributed by atoms with van der Waals surface area (Å²) in [5, 5.41) is 8.08. The van der Waals surface area contributed by atoms with E-state index < -0.39 is 0 Å². The van der Waals surface area contributed by atoms with Crippen molar-refractivity contribution < 1.29 is 9.21 Å². The number of nitrogens with zero attached hydrogens (tertiary/aromatic N) is 2. The average molecular weight is 297 g/mol. The van der Waals surface area contributed by atoms with E-state index in [1.807, 2.05) is 28.9 Å². The number of furan rings is 1. The SMILES string of the molecule is CC(C)[C@@H](C)n1nccc1NC(=O)c1cc2ccccc2o1. The average Bonchev–Trinajstić information content (AvgIpc) is 3.12. The van der Waals surface area contributed by atoms with E-state index >= 15 is 0 Å². The zero-order valence-electron chi connectivity index (χ0n) is 12.9. The van der Waals surface area contributed by atoms with Crippen LogP contribution in [-0.4, -0.2) is 15.7 Å². The number of fused-ring (bicyclic) bond motifs is 1. The van der Waals surface area contributed by atoms with Gasteiger partial charge in [0.25, 0.3) is 5.91 Å². The fourth-order valence-corrected chi connectivity index (χ4v) is 2.29. The molecule has 0 radical (unpaired) electrons. The summed E-state index contributed by atoms with van der Waals surface area (Å²) in [5.41, 5.74) is 0.705. The molecule has 0 aliphatic carbocycles. The molecule has 2 heterocycles. The van der Waals surface area contributed by atoms with Crippen LogP contribution in [0.4, 0.5) is 5.82 Å². The molecule has 0 aliphatic heterocycles. The predicted octanol–water partition coefficient (Wildman–Crippen LogP) is 4.10. The van der Waals surface area contributed by atoms with Crippen LogP contribution >= 0.6 is 0 Å². The van der Waals surface area contributed by atoms with Gasteiger partial charge in [0.2, 0.25) is 0 Å². The van der Waals surface area contributed by atoms with Gasteiger partial charge < -0.3 is 9.73 Å². The summed E-state index contributed by atoms with van der Waals surface area (Å²) in [5.74, 6) is 1.12. The lowest BCUT2D eigenvalue weighted by Crippen LogP contribution is -2.19. The molecular weight excluding hydrogens is 278 g/mol. The Kier molecular flexibility index (Phi) is 3.71. The number of rotatable bonds is 4. The molecule has 5 nitrogen and oxygen atoms in total. The van der Waals surface area contributed by atoms with Crippen molar-refractivity contribution in [2.75, 3.05) is 5.32 Å². The molecule has 22 heavy (non-hydrogen) atoms. The number of anilines is 1. The van der Waals surface area contributed by atoms with E-state index in [2.05, 4.69) is 31.2 Å². The summed E-state index contributed by atoms with van der Waals surface area (Å²) in [6.07, 6.45) is 1.69. The summed E-state index contributed by atoms with van der Waals surface area (Å²) in [7, 11) is 0. The van der Waals surface area contributed by atoms with E-state index in [-0.39, 0.29) is 11.9 Å². The maximum Gasteiger partial charge on any atom is 0.292 e. The predicted molar refractivity (Wildman–Crippen MR) is 85.9 cm³/mol. The molecular formula is C17H19N3O2. The fraction of sp³-hybridized carbons (Fsp3) is 0.294. The van der Waals surface area contributed by atoms with E-state index in [4.69, 9.17) is 4.42 Å². The van der Waals surface area contributed by atoms with E-state index in [0.29, 0.717) is 23.1 Å². The lowest BCUT2D eigenvalue weighted by atomic mass is 10.1. The molecule has 1 aromatic carbocycles. The zero-order chi connectivity index (χ0) is 15.7. The first-order valence-electron chi connectivity index (χ1n) is 7.39. The van der Waals surface area contributed by atoms with E-state index in [0.717, 1.165) is 5.39 Å². The summed E-state index contributed by atoms with van der Waals surface area (Å²) in [6, 6.07) is 11.3. The summed E-state index contributed by atoms with van der Waals surface area (Å²) >= 11 is 0. The molecule has 1 atom stereocenters. The Hall–Kier alpha value is -2.56. The van der Waals surface area contributed by atoms with E-state index in [1.54, 1.807) is 18.3 Å². The Morgan fingerprint density at radius 2 is 2.00 bits per heavy atom. The summed E-state index contributed by atoms with van der Waals surface area (Å²) in [6.45, 7) is 6.32. The third-order valence-corrected chi connectivity index (χ3v) is 3.91. The first kappa shape index (κ1) is 14.4. The van der Waals surface area contributed by atoms with Crippen molar-refractivity contribution >= 4 is 22.7 Å². The number of nitrogens with one attached hydrogen (secondary N) is 1. The van der Waals surface area contributed by atoms with Crippen molar-refractivity contribution in [3.8, 4) is 0 Å². The van der Waals surface area contributed by atoms with Crippen molar-refractivity contribution in [2.24, 2.45) is 5.92 Å². The van der Waals surface area contributed by atoms with Crippen LogP contribution in [0, 0.1) is 5.92 Å². The molecule has 0 spiro atoms. The molecule has 0 saturated carbocycles. The molecule has 1 N–H and O–H groups in total. The molecule has 0 bridgehead atoms. The number of hydrogen-bond donors (Lipinski definition) is 1. The van der Waals surface area contributed by atoms with Gasteiger partial charge in [0, 0.05) is 11.5 Å². The maximum atomic E-state index is 12.4. The Morgan fingerprint density at radius 1 is 1.23 bits per heavy atom. The highest BCUT2D eigenvalue weighted by atomic mass is 16.3. The number of benzene rings is 1. The Balaban J connectivity index is 1.84. The fourth-order valence-electron chi connectivity index (χ4n) is 2.29. The van der Waals surface area contributed by atoms with Crippen LogP contribution in [0.15, 0.2) is 47.0 Å². The molecule has 0 aliphatic rings. The Bertz CT molecular complexity index is 768. The molecule has 3 aromatic rings. The van der Waals surface area contributed by atoms with Crippen molar-refractivity contribution in [1.29, 1.82) is 0 Å². The second-order valence-corrected chi connectivity index (χ2v) is 5.75. The summed E-state index contributed by atoms with van der Waals surface area (Å²) in [4.78, 5) is 12.4. The second kappa shape index (κ2) is 5.67. The molecule has 0 fully saturated rings. The molecule has 5 heteroatoms. The molecule has 1 amide bonds. The highest BCUT2D eigenvalue weighted by molar-refractivity contribution is 6.04. The summed E-state index contributed by atoms with van der Waals surface area (Å²) < 4.78 is 7.41. The minimum Gasteiger partial charge on any atom is -0.451 e. The minimum absolute atomic E-state index is 0.195. The quantitative estimate of drug-likeness (QED) is 0.788. The van der Waals surface area contributed by atoms with Crippen LogP contribution in [0.3, 0.4) is 0 Å². The van der Waals surface area contributed by atoms with Crippen LogP contribution in [0.1, 0.15) is 37.4 Å². The van der Waals surface area contributed by atoms with Gasteiger partial charge in [-0.25, -0.2) is 4.68 Å². The maximum absolute atomic E-state index is 12.4. The first-order valence-corrected chi connectivity index (χ1v) is 7.39. The van der Waals surface area contributed by atoms with Gasteiger partial charge in [-0.1, -0.05) is 32.0 Å². The number of para-hydroxylation sites is 1. The number of amides is 1. The molecule has 2 aromatic heterocycles. The first-order chi connectivity index (χ1) is 10.6. The van der Waals surface area contributed by atoms with Gasteiger partial charge in [-0.05, 0) is 25.0 Å². The van der Waals surface area contributed by atoms with Crippen LogP contribution < -0.4 is 5.32 Å². The molecule has 0 saturated heterocycles.